The predicted molar refractivity (Wildman–Crippen MR) is 270 cm³/mol. The molecule has 0 aliphatic carbocycles. The smallest absolute Gasteiger partial charge is 0.167 e. The topological polar surface area (TPSA) is 55.1 Å². The van der Waals surface area contributed by atoms with Crippen molar-refractivity contribution in [1.82, 2.24) is 15.0 Å². The fourth-order valence-electron chi connectivity index (χ4n) is 8.67. The molecule has 0 spiro atoms. The summed E-state index contributed by atoms with van der Waals surface area (Å²) in [6, 6.07) is 61.1. The number of furan rings is 1. The van der Waals surface area contributed by atoms with Crippen LogP contribution in [-0.2, 0) is 0 Å². The number of anilines is 3. The molecule has 5 nitrogen and oxygen atoms in total. The zero-order valence-electron chi connectivity index (χ0n) is 34.9. The van der Waals surface area contributed by atoms with Gasteiger partial charge in [0.1, 0.15) is 50.4 Å². The molecule has 61 heavy (non-hydrogen) atoms. The van der Waals surface area contributed by atoms with E-state index in [1.165, 1.54) is 44.0 Å². The Balaban J connectivity index is 1.19. The zero-order chi connectivity index (χ0) is 41.6. The monoisotopic (exact) mass is 778 g/mol. The van der Waals surface area contributed by atoms with Crippen LogP contribution in [0.2, 0.25) is 0 Å². The van der Waals surface area contributed by atoms with Gasteiger partial charge < -0.3 is 9.32 Å². The zero-order valence-corrected chi connectivity index (χ0v) is 34.9. The number of para-hydroxylation sites is 1. The van der Waals surface area contributed by atoms with Crippen LogP contribution in [0.3, 0.4) is 0 Å². The van der Waals surface area contributed by atoms with Crippen molar-refractivity contribution in [2.75, 3.05) is 4.90 Å². The first-order valence-corrected chi connectivity index (χ1v) is 20.8. The predicted octanol–water partition coefficient (Wildman–Crippen LogP) is 4.87. The summed E-state index contributed by atoms with van der Waals surface area (Å²) in [4.78, 5) is 17.6. The van der Waals surface area contributed by atoms with E-state index in [1.54, 1.807) is 0 Å². The second-order valence-corrected chi connectivity index (χ2v) is 15.8. The van der Waals surface area contributed by atoms with E-state index in [0.29, 0.717) is 23.1 Å². The van der Waals surface area contributed by atoms with Gasteiger partial charge in [0.05, 0.1) is 16.6 Å². The highest BCUT2D eigenvalue weighted by Gasteiger charge is 2.24. The average Bonchev–Trinajstić information content (AvgIpc) is 3.72. The van der Waals surface area contributed by atoms with Crippen LogP contribution in [0.1, 0.15) is 0 Å². The van der Waals surface area contributed by atoms with Crippen LogP contribution in [0.5, 0.6) is 0 Å². The maximum atomic E-state index is 6.88. The lowest BCUT2D eigenvalue weighted by Crippen LogP contribution is -2.55. The van der Waals surface area contributed by atoms with Crippen molar-refractivity contribution in [3.05, 3.63) is 176 Å². The molecular weight excluding hydrogens is 739 g/mol. The molecule has 8 aromatic carbocycles. The van der Waals surface area contributed by atoms with Crippen molar-refractivity contribution < 1.29 is 4.42 Å². The van der Waals surface area contributed by atoms with E-state index in [-0.39, 0.29) is 0 Å². The largest absolute Gasteiger partial charge is 0.455 e. The highest BCUT2D eigenvalue weighted by atomic mass is 16.3. The SMILES string of the molecule is Bc1c(B)c(B)c(-c2ccc(N(c3ccc(-c4ccccc4)cc3)c3ccc(-c4nc(-c5ccccc5)nc(-c5ccccc5)n4)c4oc5ccccc5c34)cc2)c(B)c1B. The maximum Gasteiger partial charge on any atom is 0.167 e. The summed E-state index contributed by atoms with van der Waals surface area (Å²) in [6.07, 6.45) is 0. The first-order valence-electron chi connectivity index (χ1n) is 20.8. The van der Waals surface area contributed by atoms with E-state index in [1.807, 2.05) is 72.8 Å². The Kier molecular flexibility index (Phi) is 9.77. The first kappa shape index (κ1) is 37.9. The van der Waals surface area contributed by atoms with Crippen LogP contribution >= 0.6 is 0 Å². The Hall–Kier alpha value is -7.31. The molecule has 0 aliphatic rings. The van der Waals surface area contributed by atoms with Gasteiger partial charge in [-0.15, -0.1) is 16.4 Å². The van der Waals surface area contributed by atoms with E-state index >= 15 is 0 Å². The normalized spacial score (nSPS) is 11.3. The third-order valence-corrected chi connectivity index (χ3v) is 12.3. The summed E-state index contributed by atoms with van der Waals surface area (Å²) in [5, 5.41) is 1.98. The van der Waals surface area contributed by atoms with Crippen LogP contribution in [0.4, 0.5) is 17.1 Å². The molecule has 0 saturated heterocycles. The van der Waals surface area contributed by atoms with Crippen LogP contribution < -0.4 is 32.2 Å². The van der Waals surface area contributed by atoms with Crippen LogP contribution in [0.25, 0.3) is 78.4 Å². The van der Waals surface area contributed by atoms with Gasteiger partial charge in [0.2, 0.25) is 0 Å². The third kappa shape index (κ3) is 6.84. The van der Waals surface area contributed by atoms with Crippen molar-refractivity contribution in [3.8, 4) is 56.4 Å². The van der Waals surface area contributed by atoms with E-state index in [0.717, 1.165) is 55.7 Å². The van der Waals surface area contributed by atoms with Crippen molar-refractivity contribution in [1.29, 1.82) is 0 Å². The van der Waals surface area contributed by atoms with E-state index in [2.05, 4.69) is 147 Å². The van der Waals surface area contributed by atoms with E-state index in [4.69, 9.17) is 19.4 Å². The van der Waals surface area contributed by atoms with Gasteiger partial charge in [0.15, 0.2) is 17.5 Å². The minimum absolute atomic E-state index is 0.542. The van der Waals surface area contributed by atoms with Crippen molar-refractivity contribution >= 4 is 106 Å². The molecule has 0 radical (unpaired) electrons. The molecule has 10 rings (SSSR count). The molecule has 0 unspecified atom stereocenters. The molecule has 10 aromatic rings. The van der Waals surface area contributed by atoms with E-state index in [9.17, 15) is 0 Å². The number of rotatable bonds is 8. The Morgan fingerprint density at radius 1 is 0.377 bits per heavy atom. The second-order valence-electron chi connectivity index (χ2n) is 15.8. The molecule has 0 aliphatic heterocycles. The van der Waals surface area contributed by atoms with Crippen molar-refractivity contribution in [2.45, 2.75) is 0 Å². The first-order chi connectivity index (χ1) is 29.8. The quantitative estimate of drug-likeness (QED) is 0.207. The molecule has 2 heterocycles. The molecular formula is C51H39B5N4O. The average molecular weight is 778 g/mol. The highest BCUT2D eigenvalue weighted by Crippen LogP contribution is 2.46. The molecule has 10 heteroatoms. The summed E-state index contributed by atoms with van der Waals surface area (Å²) in [5.41, 5.74) is 18.7. The lowest BCUT2D eigenvalue weighted by Gasteiger charge is -2.27. The third-order valence-electron chi connectivity index (χ3n) is 12.3. The maximum absolute atomic E-state index is 6.88. The van der Waals surface area contributed by atoms with Gasteiger partial charge in [0, 0.05) is 27.9 Å². The van der Waals surface area contributed by atoms with Crippen molar-refractivity contribution in [2.24, 2.45) is 0 Å². The van der Waals surface area contributed by atoms with Crippen LogP contribution in [0, 0.1) is 0 Å². The Labute approximate surface area is 360 Å². The Morgan fingerprint density at radius 2 is 0.820 bits per heavy atom. The molecule has 0 N–H and O–H groups in total. The minimum Gasteiger partial charge on any atom is -0.455 e. The van der Waals surface area contributed by atoms with Crippen molar-refractivity contribution in [3.63, 3.8) is 0 Å². The molecule has 0 saturated carbocycles. The number of hydrogen-bond acceptors (Lipinski definition) is 5. The lowest BCUT2D eigenvalue weighted by molar-refractivity contribution is 0.669. The standard InChI is InChI=1S/C51H39B5N4O/c52-43-41(44(53)46(55)47(56)45(43)54)32-22-26-36(27-23-32)60(35-24-20-31(21-25-35)30-12-4-1-5-13-30)39-29-28-38(48-42(39)37-18-10-11-19-40(37)61-48)51-58-49(33-14-6-2-7-15-33)57-50(59-51)34-16-8-3-9-17-34/h1-29H,52-56H2. The van der Waals surface area contributed by atoms with Gasteiger partial charge >= 0.3 is 0 Å². The van der Waals surface area contributed by atoms with E-state index < -0.39 is 0 Å². The van der Waals surface area contributed by atoms with Gasteiger partial charge in [0.25, 0.3) is 0 Å². The summed E-state index contributed by atoms with van der Waals surface area (Å²) in [7, 11) is 11.2. The fourth-order valence-corrected chi connectivity index (χ4v) is 8.67. The minimum atomic E-state index is 0.542. The molecule has 0 atom stereocenters. The number of aromatic nitrogens is 3. The number of fused-ring (bicyclic) bond motifs is 3. The molecule has 0 fully saturated rings. The molecule has 2 aromatic heterocycles. The second kappa shape index (κ2) is 15.7. The molecule has 0 amide bonds. The Bertz CT molecular complexity index is 3150. The molecule has 284 valence electrons. The van der Waals surface area contributed by atoms with Crippen LogP contribution in [0.15, 0.2) is 180 Å². The van der Waals surface area contributed by atoms with Gasteiger partial charge in [-0.25, -0.2) is 15.0 Å². The van der Waals surface area contributed by atoms with Gasteiger partial charge in [-0.1, -0.05) is 144 Å². The fraction of sp³-hybridized carbons (Fsp3) is 0. The van der Waals surface area contributed by atoms with Gasteiger partial charge in [-0.05, 0) is 64.7 Å². The highest BCUT2D eigenvalue weighted by molar-refractivity contribution is 6.68. The lowest BCUT2D eigenvalue weighted by atomic mass is 9.60. The summed E-state index contributed by atoms with van der Waals surface area (Å²) in [6.45, 7) is 0. The summed E-state index contributed by atoms with van der Waals surface area (Å²) in [5.74, 6) is 1.74. The van der Waals surface area contributed by atoms with Crippen LogP contribution in [-0.4, -0.2) is 54.2 Å². The number of hydrogen-bond donors (Lipinski definition) is 0. The molecule has 0 bridgehead atoms. The summed E-state index contributed by atoms with van der Waals surface area (Å²) >= 11 is 0. The van der Waals surface area contributed by atoms with Gasteiger partial charge in [-0.3, -0.25) is 0 Å². The Morgan fingerprint density at radius 3 is 1.38 bits per heavy atom. The summed E-state index contributed by atoms with van der Waals surface area (Å²) < 4.78 is 6.88. The van der Waals surface area contributed by atoms with Gasteiger partial charge in [-0.2, -0.15) is 0 Å². The number of nitrogens with zero attached hydrogens (tertiary/aromatic N) is 4. The number of benzene rings is 8.